The van der Waals surface area contributed by atoms with Crippen LogP contribution in [0.25, 0.3) is 0 Å². The second-order valence-electron chi connectivity index (χ2n) is 5.48. The highest BCUT2D eigenvalue weighted by atomic mass is 35.5. The zero-order chi connectivity index (χ0) is 12.9. The topological polar surface area (TPSA) is 37.8 Å². The van der Waals surface area contributed by atoms with Crippen LogP contribution in [0.2, 0.25) is 5.15 Å². The summed E-state index contributed by atoms with van der Waals surface area (Å²) in [5.41, 5.74) is 1.36. The minimum atomic E-state index is 0.328. The first-order valence-electron chi connectivity index (χ1n) is 6.17. The summed E-state index contributed by atoms with van der Waals surface area (Å²) >= 11 is 6.09. The zero-order valence-corrected chi connectivity index (χ0v) is 11.9. The van der Waals surface area contributed by atoms with E-state index in [2.05, 4.69) is 43.0 Å². The van der Waals surface area contributed by atoms with E-state index in [0.29, 0.717) is 10.6 Å². The normalized spacial score (nSPS) is 11.6. The van der Waals surface area contributed by atoms with Crippen molar-refractivity contribution in [3.63, 3.8) is 0 Å². The van der Waals surface area contributed by atoms with Crippen LogP contribution in [-0.2, 0) is 6.42 Å². The predicted molar refractivity (Wildman–Crippen MR) is 73.6 cm³/mol. The lowest BCUT2D eigenvalue weighted by Gasteiger charge is -2.19. The van der Waals surface area contributed by atoms with Gasteiger partial charge in [0, 0.05) is 12.1 Å². The number of anilines is 1. The Morgan fingerprint density at radius 2 is 2.00 bits per heavy atom. The summed E-state index contributed by atoms with van der Waals surface area (Å²) in [5.74, 6) is 0.885. The number of aromatic nitrogens is 2. The van der Waals surface area contributed by atoms with E-state index < -0.39 is 0 Å². The molecule has 4 heteroatoms. The van der Waals surface area contributed by atoms with Crippen LogP contribution in [-0.4, -0.2) is 16.5 Å². The van der Waals surface area contributed by atoms with Crippen molar-refractivity contribution in [1.82, 2.24) is 9.97 Å². The van der Waals surface area contributed by atoms with Crippen molar-refractivity contribution in [2.24, 2.45) is 5.41 Å². The molecule has 1 aromatic rings. The highest BCUT2D eigenvalue weighted by molar-refractivity contribution is 6.30. The van der Waals surface area contributed by atoms with E-state index in [-0.39, 0.29) is 0 Å². The van der Waals surface area contributed by atoms with Crippen LogP contribution in [0.4, 0.5) is 5.82 Å². The summed E-state index contributed by atoms with van der Waals surface area (Å²) in [4.78, 5) is 8.30. The van der Waals surface area contributed by atoms with Gasteiger partial charge < -0.3 is 5.32 Å². The van der Waals surface area contributed by atoms with Gasteiger partial charge in [-0.15, -0.1) is 0 Å². The Balaban J connectivity index is 2.67. The van der Waals surface area contributed by atoms with Crippen molar-refractivity contribution in [2.45, 2.75) is 47.0 Å². The molecule has 0 saturated heterocycles. The molecule has 96 valence electrons. The first-order chi connectivity index (χ1) is 7.94. The Hall–Kier alpha value is -0.830. The fraction of sp³-hybridized carbons (Fsp3) is 0.692. The number of rotatable bonds is 5. The Labute approximate surface area is 109 Å². The van der Waals surface area contributed by atoms with Gasteiger partial charge in [-0.3, -0.25) is 0 Å². The summed E-state index contributed by atoms with van der Waals surface area (Å²) < 4.78 is 0. The van der Waals surface area contributed by atoms with Crippen LogP contribution in [0.1, 0.15) is 46.1 Å². The monoisotopic (exact) mass is 255 g/mol. The summed E-state index contributed by atoms with van der Waals surface area (Å²) in [6.45, 7) is 9.73. The number of nitrogens with zero attached hydrogens (tertiary/aromatic N) is 2. The summed E-state index contributed by atoms with van der Waals surface area (Å²) in [6.07, 6.45) is 4.57. The Kier molecular flexibility index (Phi) is 5.19. The van der Waals surface area contributed by atoms with E-state index in [0.717, 1.165) is 37.2 Å². The molecule has 0 aliphatic heterocycles. The Morgan fingerprint density at radius 3 is 2.59 bits per heavy atom. The molecule has 0 aliphatic carbocycles. The molecule has 0 aromatic carbocycles. The molecule has 0 unspecified atom stereocenters. The van der Waals surface area contributed by atoms with Gasteiger partial charge in [-0.05, 0) is 18.3 Å². The third-order valence-corrected chi connectivity index (χ3v) is 2.89. The third-order valence-electron chi connectivity index (χ3n) is 2.56. The first-order valence-corrected chi connectivity index (χ1v) is 6.55. The highest BCUT2D eigenvalue weighted by Gasteiger charge is 2.12. The van der Waals surface area contributed by atoms with Gasteiger partial charge in [-0.2, -0.15) is 0 Å². The minimum absolute atomic E-state index is 0.328. The minimum Gasteiger partial charge on any atom is -0.370 e. The van der Waals surface area contributed by atoms with Gasteiger partial charge in [0.25, 0.3) is 0 Å². The van der Waals surface area contributed by atoms with E-state index in [4.69, 9.17) is 11.6 Å². The van der Waals surface area contributed by atoms with Crippen LogP contribution < -0.4 is 5.32 Å². The van der Waals surface area contributed by atoms with Gasteiger partial charge in [0.1, 0.15) is 17.3 Å². The van der Waals surface area contributed by atoms with Gasteiger partial charge in [-0.25, -0.2) is 9.97 Å². The Morgan fingerprint density at radius 1 is 1.29 bits per heavy atom. The fourth-order valence-electron chi connectivity index (χ4n) is 1.57. The maximum absolute atomic E-state index is 6.09. The maximum atomic E-state index is 6.09. The molecule has 1 aromatic heterocycles. The second-order valence-corrected chi connectivity index (χ2v) is 5.84. The van der Waals surface area contributed by atoms with Crippen molar-refractivity contribution in [3.05, 3.63) is 17.0 Å². The molecule has 0 aliphatic rings. The van der Waals surface area contributed by atoms with Crippen LogP contribution >= 0.6 is 11.6 Å². The highest BCUT2D eigenvalue weighted by Crippen LogP contribution is 2.23. The van der Waals surface area contributed by atoms with Gasteiger partial charge in [0.15, 0.2) is 0 Å². The molecule has 0 amide bonds. The summed E-state index contributed by atoms with van der Waals surface area (Å²) in [7, 11) is 0. The largest absolute Gasteiger partial charge is 0.370 e. The molecule has 0 atom stereocenters. The summed E-state index contributed by atoms with van der Waals surface area (Å²) in [5, 5.41) is 3.93. The van der Waals surface area contributed by atoms with E-state index in [1.165, 1.54) is 6.33 Å². The molecule has 1 rings (SSSR count). The molecular formula is C13H22ClN3. The quantitative estimate of drug-likeness (QED) is 0.810. The van der Waals surface area contributed by atoms with Gasteiger partial charge in [0.05, 0.1) is 0 Å². The van der Waals surface area contributed by atoms with Crippen molar-refractivity contribution < 1.29 is 0 Å². The average Bonchev–Trinajstić information content (AvgIpc) is 2.21. The van der Waals surface area contributed by atoms with Crippen LogP contribution in [0.3, 0.4) is 0 Å². The molecule has 0 spiro atoms. The van der Waals surface area contributed by atoms with Crippen molar-refractivity contribution in [1.29, 1.82) is 0 Å². The van der Waals surface area contributed by atoms with Crippen LogP contribution in [0.15, 0.2) is 6.33 Å². The number of hydrogen-bond donors (Lipinski definition) is 1. The van der Waals surface area contributed by atoms with Gasteiger partial charge in [-0.1, -0.05) is 45.7 Å². The Bertz CT molecular complexity index is 358. The van der Waals surface area contributed by atoms with Crippen molar-refractivity contribution >= 4 is 17.4 Å². The van der Waals surface area contributed by atoms with Gasteiger partial charge in [0.2, 0.25) is 0 Å². The lowest BCUT2D eigenvalue weighted by molar-refractivity contribution is 0.389. The third kappa shape index (κ3) is 4.90. The number of halogens is 1. The SMILES string of the molecule is CCCc1c(Cl)ncnc1NCCC(C)(C)C. The molecule has 1 heterocycles. The van der Waals surface area contributed by atoms with E-state index in [1.807, 2.05) is 0 Å². The fourth-order valence-corrected chi connectivity index (χ4v) is 1.80. The molecule has 0 radical (unpaired) electrons. The summed E-state index contributed by atoms with van der Waals surface area (Å²) in [6, 6.07) is 0. The zero-order valence-electron chi connectivity index (χ0n) is 11.2. The van der Waals surface area contributed by atoms with Crippen LogP contribution in [0, 0.1) is 5.41 Å². The van der Waals surface area contributed by atoms with Crippen molar-refractivity contribution in [3.8, 4) is 0 Å². The maximum Gasteiger partial charge on any atom is 0.137 e. The van der Waals surface area contributed by atoms with Gasteiger partial charge >= 0.3 is 0 Å². The lowest BCUT2D eigenvalue weighted by Crippen LogP contribution is -2.14. The molecule has 0 fully saturated rings. The number of nitrogens with one attached hydrogen (secondary N) is 1. The second kappa shape index (κ2) is 6.20. The van der Waals surface area contributed by atoms with E-state index in [1.54, 1.807) is 0 Å². The standard InChI is InChI=1S/C13H22ClN3/c1-5-6-10-11(14)16-9-17-12(10)15-8-7-13(2,3)4/h9H,5-8H2,1-4H3,(H,15,16,17). The molecule has 1 N–H and O–H groups in total. The average molecular weight is 256 g/mol. The molecule has 17 heavy (non-hydrogen) atoms. The lowest BCUT2D eigenvalue weighted by atomic mass is 9.92. The van der Waals surface area contributed by atoms with E-state index in [9.17, 15) is 0 Å². The smallest absolute Gasteiger partial charge is 0.137 e. The molecule has 0 saturated carbocycles. The molecular weight excluding hydrogens is 234 g/mol. The molecule has 0 bridgehead atoms. The van der Waals surface area contributed by atoms with Crippen LogP contribution in [0.5, 0.6) is 0 Å². The van der Waals surface area contributed by atoms with Crippen molar-refractivity contribution in [2.75, 3.05) is 11.9 Å². The molecule has 3 nitrogen and oxygen atoms in total. The number of hydrogen-bond acceptors (Lipinski definition) is 3. The predicted octanol–water partition coefficient (Wildman–Crippen LogP) is 3.93. The first kappa shape index (κ1) is 14.2. The van der Waals surface area contributed by atoms with E-state index >= 15 is 0 Å².